The van der Waals surface area contributed by atoms with Gasteiger partial charge in [-0.3, -0.25) is 4.79 Å². The number of benzene rings is 1. The third-order valence-electron chi connectivity index (χ3n) is 3.61. The predicted octanol–water partition coefficient (Wildman–Crippen LogP) is 2.17. The lowest BCUT2D eigenvalue weighted by Crippen LogP contribution is -2.29. The standard InChI is InChI=1S/C16H15NO5S/c1-16(2)15(18)13(11-7-8-21-9-11)14(22-16)10-3-5-12(6-4-10)23(17,19)20/h3-9H,1-2H3,(H2,17,19,20). The quantitative estimate of drug-likeness (QED) is 0.928. The molecule has 0 atom stereocenters. The molecule has 3 rings (SSSR count). The van der Waals surface area contributed by atoms with Crippen LogP contribution in [0.4, 0.5) is 0 Å². The molecule has 1 aliphatic heterocycles. The van der Waals surface area contributed by atoms with Crippen LogP contribution < -0.4 is 5.14 Å². The van der Waals surface area contributed by atoms with Gasteiger partial charge in [0.15, 0.2) is 5.60 Å². The summed E-state index contributed by atoms with van der Waals surface area (Å²) in [6.07, 6.45) is 2.94. The summed E-state index contributed by atoms with van der Waals surface area (Å²) < 4.78 is 33.5. The molecule has 0 saturated carbocycles. The maximum Gasteiger partial charge on any atom is 0.238 e. The average Bonchev–Trinajstić information content (AvgIpc) is 3.06. The maximum atomic E-state index is 12.6. The van der Waals surface area contributed by atoms with Gasteiger partial charge < -0.3 is 9.15 Å². The summed E-state index contributed by atoms with van der Waals surface area (Å²) in [6.45, 7) is 3.36. The molecule has 6 nitrogen and oxygen atoms in total. The zero-order chi connectivity index (χ0) is 16.8. The highest BCUT2D eigenvalue weighted by Crippen LogP contribution is 2.41. The minimum atomic E-state index is -3.77. The number of carbonyl (C=O) groups is 1. The Morgan fingerprint density at radius 3 is 2.22 bits per heavy atom. The summed E-state index contributed by atoms with van der Waals surface area (Å²) in [5.74, 6) is 0.229. The highest BCUT2D eigenvalue weighted by atomic mass is 32.2. The molecule has 7 heteroatoms. The molecule has 0 unspecified atom stereocenters. The van der Waals surface area contributed by atoms with Gasteiger partial charge in [0.05, 0.1) is 23.0 Å². The first kappa shape index (κ1) is 15.5. The molecule has 0 spiro atoms. The number of carbonyl (C=O) groups excluding carboxylic acids is 1. The lowest BCUT2D eigenvalue weighted by Gasteiger charge is -2.17. The van der Waals surface area contributed by atoms with Crippen LogP contribution in [-0.4, -0.2) is 19.8 Å². The van der Waals surface area contributed by atoms with Gasteiger partial charge in [0.1, 0.15) is 5.76 Å². The molecule has 2 aromatic rings. The Hall–Kier alpha value is -2.38. The second-order valence-corrected chi connectivity index (χ2v) is 7.29. The van der Waals surface area contributed by atoms with Gasteiger partial charge in [-0.1, -0.05) is 0 Å². The number of nitrogens with two attached hydrogens (primary N) is 1. The Kier molecular flexibility index (Phi) is 3.42. The Bertz CT molecular complexity index is 890. The van der Waals surface area contributed by atoms with E-state index in [2.05, 4.69) is 0 Å². The maximum absolute atomic E-state index is 12.6. The Labute approximate surface area is 133 Å². The Morgan fingerprint density at radius 1 is 1.04 bits per heavy atom. The van der Waals surface area contributed by atoms with Crippen molar-refractivity contribution in [2.75, 3.05) is 0 Å². The van der Waals surface area contributed by atoms with E-state index in [1.54, 1.807) is 32.0 Å². The summed E-state index contributed by atoms with van der Waals surface area (Å²) in [4.78, 5) is 12.6. The SMILES string of the molecule is CC1(C)OC(c2ccc(S(N)(=O)=O)cc2)=C(c2ccoc2)C1=O. The number of hydrogen-bond acceptors (Lipinski definition) is 5. The molecular formula is C16H15NO5S. The van der Waals surface area contributed by atoms with Crippen LogP contribution in [0.5, 0.6) is 0 Å². The minimum Gasteiger partial charge on any atom is -0.478 e. The summed E-state index contributed by atoms with van der Waals surface area (Å²) in [5.41, 5.74) is 0.617. The topological polar surface area (TPSA) is 99.6 Å². The number of furan rings is 1. The van der Waals surface area contributed by atoms with Gasteiger partial charge >= 0.3 is 0 Å². The largest absolute Gasteiger partial charge is 0.478 e. The van der Waals surface area contributed by atoms with Crippen molar-refractivity contribution in [2.45, 2.75) is 24.3 Å². The van der Waals surface area contributed by atoms with Crippen molar-refractivity contribution in [1.29, 1.82) is 0 Å². The van der Waals surface area contributed by atoms with Crippen molar-refractivity contribution in [1.82, 2.24) is 0 Å². The van der Waals surface area contributed by atoms with Crippen LogP contribution in [0.15, 0.2) is 52.2 Å². The van der Waals surface area contributed by atoms with E-state index in [0.717, 1.165) is 0 Å². The van der Waals surface area contributed by atoms with Crippen LogP contribution in [0.1, 0.15) is 25.0 Å². The normalized spacial score (nSPS) is 17.4. The minimum absolute atomic E-state index is 0.00436. The van der Waals surface area contributed by atoms with Crippen LogP contribution in [0.25, 0.3) is 11.3 Å². The van der Waals surface area contributed by atoms with Crippen molar-refractivity contribution >= 4 is 27.1 Å². The van der Waals surface area contributed by atoms with E-state index in [1.165, 1.54) is 24.7 Å². The Balaban J connectivity index is 2.13. The second-order valence-electron chi connectivity index (χ2n) is 5.73. The van der Waals surface area contributed by atoms with Gasteiger partial charge in [0.25, 0.3) is 0 Å². The lowest BCUT2D eigenvalue weighted by molar-refractivity contribution is -0.125. The van der Waals surface area contributed by atoms with Crippen LogP contribution in [0.3, 0.4) is 0 Å². The lowest BCUT2D eigenvalue weighted by atomic mass is 9.94. The van der Waals surface area contributed by atoms with Crippen LogP contribution in [0, 0.1) is 0 Å². The van der Waals surface area contributed by atoms with Crippen molar-refractivity contribution < 1.29 is 22.4 Å². The van der Waals surface area contributed by atoms with E-state index in [1.807, 2.05) is 0 Å². The second kappa shape index (κ2) is 5.07. The van der Waals surface area contributed by atoms with Gasteiger partial charge in [0, 0.05) is 11.1 Å². The van der Waals surface area contributed by atoms with Crippen molar-refractivity contribution in [3.05, 3.63) is 54.0 Å². The zero-order valence-corrected chi connectivity index (χ0v) is 13.4. The smallest absolute Gasteiger partial charge is 0.238 e. The molecule has 1 aromatic heterocycles. The Morgan fingerprint density at radius 2 is 1.70 bits per heavy atom. The summed E-state index contributed by atoms with van der Waals surface area (Å²) in [7, 11) is -3.77. The molecular weight excluding hydrogens is 318 g/mol. The number of primary sulfonamides is 1. The van der Waals surface area contributed by atoms with E-state index in [4.69, 9.17) is 14.3 Å². The van der Waals surface area contributed by atoms with Gasteiger partial charge in [0.2, 0.25) is 15.8 Å². The van der Waals surface area contributed by atoms with Gasteiger partial charge in [-0.25, -0.2) is 13.6 Å². The number of hydrogen-bond donors (Lipinski definition) is 1. The number of ketones is 1. The fraction of sp³-hybridized carbons (Fsp3) is 0.188. The fourth-order valence-electron chi connectivity index (χ4n) is 2.42. The first-order valence-electron chi connectivity index (χ1n) is 6.84. The van der Waals surface area contributed by atoms with E-state index in [9.17, 15) is 13.2 Å². The van der Waals surface area contributed by atoms with Crippen molar-refractivity contribution in [3.63, 3.8) is 0 Å². The molecule has 2 N–H and O–H groups in total. The van der Waals surface area contributed by atoms with Gasteiger partial charge in [-0.2, -0.15) is 0 Å². The van der Waals surface area contributed by atoms with E-state index in [-0.39, 0.29) is 10.7 Å². The van der Waals surface area contributed by atoms with Crippen LogP contribution in [-0.2, 0) is 19.6 Å². The molecule has 0 saturated heterocycles. The van der Waals surface area contributed by atoms with E-state index >= 15 is 0 Å². The molecule has 0 bridgehead atoms. The summed E-state index contributed by atoms with van der Waals surface area (Å²) in [5, 5.41) is 5.09. The molecule has 1 aliphatic rings. The molecule has 120 valence electrons. The highest BCUT2D eigenvalue weighted by Gasteiger charge is 2.43. The molecule has 0 amide bonds. The molecule has 0 aliphatic carbocycles. The average molecular weight is 333 g/mol. The van der Waals surface area contributed by atoms with E-state index < -0.39 is 15.6 Å². The highest BCUT2D eigenvalue weighted by molar-refractivity contribution is 7.89. The number of ether oxygens (including phenoxy) is 1. The molecule has 0 fully saturated rings. The number of Topliss-reactive ketones (excluding diaryl/α,β-unsaturated/α-hetero) is 1. The predicted molar refractivity (Wildman–Crippen MR) is 83.5 cm³/mol. The van der Waals surface area contributed by atoms with E-state index in [0.29, 0.717) is 22.5 Å². The molecule has 23 heavy (non-hydrogen) atoms. The first-order valence-corrected chi connectivity index (χ1v) is 8.39. The summed E-state index contributed by atoms with van der Waals surface area (Å²) >= 11 is 0. The first-order chi connectivity index (χ1) is 10.7. The number of rotatable bonds is 3. The van der Waals surface area contributed by atoms with Crippen molar-refractivity contribution in [3.8, 4) is 0 Å². The van der Waals surface area contributed by atoms with Crippen LogP contribution in [0.2, 0.25) is 0 Å². The van der Waals surface area contributed by atoms with Gasteiger partial charge in [-0.05, 0) is 44.2 Å². The summed E-state index contributed by atoms with van der Waals surface area (Å²) in [6, 6.07) is 7.55. The number of sulfonamides is 1. The van der Waals surface area contributed by atoms with Crippen molar-refractivity contribution in [2.24, 2.45) is 5.14 Å². The molecule has 1 aromatic carbocycles. The van der Waals surface area contributed by atoms with Gasteiger partial charge in [-0.15, -0.1) is 0 Å². The fourth-order valence-corrected chi connectivity index (χ4v) is 2.94. The molecule has 0 radical (unpaired) electrons. The molecule has 2 heterocycles. The third-order valence-corrected chi connectivity index (χ3v) is 4.54. The third kappa shape index (κ3) is 2.69. The monoisotopic (exact) mass is 333 g/mol. The van der Waals surface area contributed by atoms with Crippen LogP contribution >= 0.6 is 0 Å². The zero-order valence-electron chi connectivity index (χ0n) is 12.6.